The monoisotopic (exact) mass is 414 g/mol. The lowest BCUT2D eigenvalue weighted by molar-refractivity contribution is -0.384. The van der Waals surface area contributed by atoms with Crippen molar-refractivity contribution in [1.29, 1.82) is 0 Å². The molecule has 0 aromatic heterocycles. The average molecular weight is 414 g/mol. The third-order valence-electron chi connectivity index (χ3n) is 4.58. The average Bonchev–Trinajstić information content (AvgIpc) is 2.97. The van der Waals surface area contributed by atoms with Gasteiger partial charge in [-0.2, -0.15) is 0 Å². The van der Waals surface area contributed by atoms with E-state index in [1.165, 1.54) is 12.1 Å². The molecule has 0 saturated carbocycles. The summed E-state index contributed by atoms with van der Waals surface area (Å²) in [6.45, 7) is 2.06. The number of amides is 1. The number of nitrogens with one attached hydrogen (secondary N) is 1. The van der Waals surface area contributed by atoms with E-state index in [-0.39, 0.29) is 17.1 Å². The highest BCUT2D eigenvalue weighted by Gasteiger charge is 2.24. The molecule has 0 bridgehead atoms. The maximum absolute atomic E-state index is 12.4. The Morgan fingerprint density at radius 3 is 2.47 bits per heavy atom. The first-order chi connectivity index (χ1) is 14.5. The smallest absolute Gasteiger partial charge is 0.313 e. The van der Waals surface area contributed by atoms with Crippen molar-refractivity contribution in [2.75, 3.05) is 25.1 Å². The van der Waals surface area contributed by atoms with Gasteiger partial charge in [0.1, 0.15) is 5.69 Å². The van der Waals surface area contributed by atoms with Crippen LogP contribution in [0.4, 0.5) is 11.4 Å². The van der Waals surface area contributed by atoms with E-state index < -0.39 is 29.3 Å². The van der Waals surface area contributed by atoms with Crippen LogP contribution >= 0.6 is 0 Å². The van der Waals surface area contributed by atoms with E-state index in [0.29, 0.717) is 31.8 Å². The molecule has 30 heavy (non-hydrogen) atoms. The van der Waals surface area contributed by atoms with E-state index in [4.69, 9.17) is 14.2 Å². The Labute approximate surface area is 173 Å². The fraction of sp³-hybridized carbons (Fsp3) is 0.333. The molecule has 1 aliphatic rings. The SMILES string of the molecule is CCC(C(=O)OCC(=O)Nc1cc2c(cc1[N+](=O)[O-])OCCCO2)c1ccccc1. The van der Waals surface area contributed by atoms with Gasteiger partial charge >= 0.3 is 5.97 Å². The largest absolute Gasteiger partial charge is 0.489 e. The van der Waals surface area contributed by atoms with Gasteiger partial charge in [0, 0.05) is 12.5 Å². The van der Waals surface area contributed by atoms with E-state index >= 15 is 0 Å². The summed E-state index contributed by atoms with van der Waals surface area (Å²) in [5.74, 6) is -1.17. The van der Waals surface area contributed by atoms with Crippen molar-refractivity contribution in [2.24, 2.45) is 0 Å². The summed E-state index contributed by atoms with van der Waals surface area (Å²) in [7, 11) is 0. The van der Waals surface area contributed by atoms with Crippen LogP contribution in [0, 0.1) is 10.1 Å². The second-order valence-electron chi connectivity index (χ2n) is 6.65. The highest BCUT2D eigenvalue weighted by atomic mass is 16.6. The molecule has 1 atom stereocenters. The molecule has 9 heteroatoms. The molecule has 0 radical (unpaired) electrons. The van der Waals surface area contributed by atoms with E-state index in [1.807, 2.05) is 37.3 Å². The summed E-state index contributed by atoms with van der Waals surface area (Å²) in [5.41, 5.74) is 0.402. The summed E-state index contributed by atoms with van der Waals surface area (Å²) in [6.07, 6.45) is 1.15. The number of hydrogen-bond donors (Lipinski definition) is 1. The molecule has 1 amide bonds. The van der Waals surface area contributed by atoms with Crippen molar-refractivity contribution in [2.45, 2.75) is 25.7 Å². The Hall–Kier alpha value is -3.62. The van der Waals surface area contributed by atoms with Gasteiger partial charge in [-0.15, -0.1) is 0 Å². The van der Waals surface area contributed by atoms with Gasteiger partial charge in [0.05, 0.1) is 30.1 Å². The van der Waals surface area contributed by atoms with E-state index in [1.54, 1.807) is 0 Å². The predicted molar refractivity (Wildman–Crippen MR) is 108 cm³/mol. The zero-order valence-electron chi connectivity index (χ0n) is 16.5. The molecular weight excluding hydrogens is 392 g/mol. The number of hydrogen-bond acceptors (Lipinski definition) is 7. The van der Waals surface area contributed by atoms with Crippen LogP contribution in [0.2, 0.25) is 0 Å². The molecule has 0 fully saturated rings. The summed E-state index contributed by atoms with van der Waals surface area (Å²) < 4.78 is 16.1. The number of esters is 1. The normalized spacial score (nSPS) is 13.6. The minimum absolute atomic E-state index is 0.0552. The van der Waals surface area contributed by atoms with Crippen LogP contribution in [0.25, 0.3) is 0 Å². The number of carbonyl (C=O) groups excluding carboxylic acids is 2. The first kappa shape index (κ1) is 21.1. The number of carbonyl (C=O) groups is 2. The first-order valence-corrected chi connectivity index (χ1v) is 9.59. The lowest BCUT2D eigenvalue weighted by Gasteiger charge is -2.15. The summed E-state index contributed by atoms with van der Waals surface area (Å²) in [5, 5.41) is 13.8. The molecule has 0 saturated heterocycles. The number of nitrogens with zero attached hydrogens (tertiary/aromatic N) is 1. The lowest BCUT2D eigenvalue weighted by Crippen LogP contribution is -2.24. The van der Waals surface area contributed by atoms with Gasteiger partial charge in [0.2, 0.25) is 0 Å². The van der Waals surface area contributed by atoms with Gasteiger partial charge in [0.15, 0.2) is 18.1 Å². The number of rotatable bonds is 7. The zero-order valence-corrected chi connectivity index (χ0v) is 16.5. The number of fused-ring (bicyclic) bond motifs is 1. The fourth-order valence-corrected chi connectivity index (χ4v) is 3.10. The van der Waals surface area contributed by atoms with Gasteiger partial charge in [-0.25, -0.2) is 0 Å². The van der Waals surface area contributed by atoms with Crippen molar-refractivity contribution in [3.8, 4) is 11.5 Å². The molecule has 9 nitrogen and oxygen atoms in total. The summed E-state index contributed by atoms with van der Waals surface area (Å²) in [4.78, 5) is 35.5. The predicted octanol–water partition coefficient (Wildman–Crippen LogP) is 3.43. The van der Waals surface area contributed by atoms with Gasteiger partial charge in [-0.3, -0.25) is 19.7 Å². The Balaban J connectivity index is 1.67. The Morgan fingerprint density at radius 1 is 1.17 bits per heavy atom. The van der Waals surface area contributed by atoms with Crippen LogP contribution < -0.4 is 14.8 Å². The Morgan fingerprint density at radius 2 is 1.83 bits per heavy atom. The van der Waals surface area contributed by atoms with Gasteiger partial charge in [-0.1, -0.05) is 37.3 Å². The molecule has 3 rings (SSSR count). The Kier molecular flexibility index (Phi) is 6.84. The molecule has 0 aliphatic carbocycles. The highest BCUT2D eigenvalue weighted by molar-refractivity contribution is 5.95. The number of anilines is 1. The third-order valence-corrected chi connectivity index (χ3v) is 4.58. The van der Waals surface area contributed by atoms with Crippen molar-refractivity contribution >= 4 is 23.3 Å². The second-order valence-corrected chi connectivity index (χ2v) is 6.65. The quantitative estimate of drug-likeness (QED) is 0.419. The number of nitro groups is 1. The van der Waals surface area contributed by atoms with Crippen LogP contribution in [0.5, 0.6) is 11.5 Å². The van der Waals surface area contributed by atoms with Crippen LogP contribution in [-0.4, -0.2) is 36.6 Å². The second kappa shape index (κ2) is 9.73. The van der Waals surface area contributed by atoms with Crippen LogP contribution in [0.15, 0.2) is 42.5 Å². The fourth-order valence-electron chi connectivity index (χ4n) is 3.10. The molecule has 1 unspecified atom stereocenters. The zero-order chi connectivity index (χ0) is 21.5. The minimum atomic E-state index is -0.691. The number of nitro benzene ring substituents is 1. The number of ether oxygens (including phenoxy) is 3. The Bertz CT molecular complexity index is 930. The number of benzene rings is 2. The van der Waals surface area contributed by atoms with Crippen molar-refractivity contribution in [3.63, 3.8) is 0 Å². The topological polar surface area (TPSA) is 117 Å². The molecule has 1 aliphatic heterocycles. The lowest BCUT2D eigenvalue weighted by atomic mass is 9.97. The van der Waals surface area contributed by atoms with Crippen molar-refractivity contribution < 1.29 is 28.7 Å². The maximum atomic E-state index is 12.4. The first-order valence-electron chi connectivity index (χ1n) is 9.59. The van der Waals surface area contributed by atoms with Crippen LogP contribution in [0.1, 0.15) is 31.2 Å². The van der Waals surface area contributed by atoms with E-state index in [9.17, 15) is 19.7 Å². The highest BCUT2D eigenvalue weighted by Crippen LogP contribution is 2.39. The van der Waals surface area contributed by atoms with Crippen molar-refractivity contribution in [1.82, 2.24) is 0 Å². The third kappa shape index (κ3) is 5.05. The molecule has 2 aromatic carbocycles. The molecular formula is C21H22N2O7. The van der Waals surface area contributed by atoms with E-state index in [2.05, 4.69) is 5.32 Å². The summed E-state index contributed by atoms with van der Waals surface area (Å²) >= 11 is 0. The van der Waals surface area contributed by atoms with Crippen LogP contribution in [0.3, 0.4) is 0 Å². The summed E-state index contributed by atoms with van der Waals surface area (Å²) in [6, 6.07) is 11.7. The maximum Gasteiger partial charge on any atom is 0.313 e. The van der Waals surface area contributed by atoms with Crippen LogP contribution in [-0.2, 0) is 14.3 Å². The molecule has 158 valence electrons. The van der Waals surface area contributed by atoms with Gasteiger partial charge in [-0.05, 0) is 12.0 Å². The van der Waals surface area contributed by atoms with Crippen molar-refractivity contribution in [3.05, 3.63) is 58.1 Å². The molecule has 0 spiro atoms. The minimum Gasteiger partial charge on any atom is -0.489 e. The van der Waals surface area contributed by atoms with Gasteiger partial charge < -0.3 is 19.5 Å². The van der Waals surface area contributed by atoms with E-state index in [0.717, 1.165) is 5.56 Å². The van der Waals surface area contributed by atoms with Gasteiger partial charge in [0.25, 0.3) is 11.6 Å². The molecule has 1 N–H and O–H groups in total. The molecule has 2 aromatic rings. The standard InChI is InChI=1S/C21H22N2O7/c1-2-15(14-7-4-3-5-8-14)21(25)30-13-20(24)22-16-11-18-19(12-17(16)23(26)27)29-10-6-9-28-18/h3-5,7-8,11-12,15H,2,6,9-10,13H2,1H3,(H,22,24). The molecule has 1 heterocycles.